The van der Waals surface area contributed by atoms with Crippen LogP contribution in [0, 0.1) is 12.8 Å². The van der Waals surface area contributed by atoms with E-state index in [2.05, 4.69) is 24.5 Å². The Balaban J connectivity index is 1.74. The Morgan fingerprint density at radius 2 is 1.46 bits per heavy atom. The van der Waals surface area contributed by atoms with E-state index >= 15 is 0 Å². The van der Waals surface area contributed by atoms with Gasteiger partial charge in [-0.2, -0.15) is 0 Å². The van der Waals surface area contributed by atoms with Gasteiger partial charge in [-0.25, -0.2) is 0 Å². The molecule has 0 unspecified atom stereocenters. The van der Waals surface area contributed by atoms with E-state index in [1.165, 1.54) is 0 Å². The Morgan fingerprint density at radius 1 is 0.821 bits per heavy atom. The average Bonchev–Trinajstić information content (AvgIpc) is 2.94. The summed E-state index contributed by atoms with van der Waals surface area (Å²) in [5.41, 5.74) is 3.90. The summed E-state index contributed by atoms with van der Waals surface area (Å²) in [6.07, 6.45) is 2.82. The molecule has 39 heavy (non-hydrogen) atoms. The molecule has 206 valence electrons. The van der Waals surface area contributed by atoms with E-state index in [4.69, 9.17) is 0 Å². The third-order valence-corrected chi connectivity index (χ3v) is 6.71. The van der Waals surface area contributed by atoms with Crippen LogP contribution in [-0.2, 0) is 11.2 Å². The SMILES string of the molecule is CCCN(CCC)C(=O)c1cccc(C(=O)N[C@@H](Cc2ccccc2)C[C@H](C)C(=O)Nc2ccc(C)cc2)c1. The molecule has 3 aromatic carbocycles. The highest BCUT2D eigenvalue weighted by atomic mass is 16.2. The third kappa shape index (κ3) is 9.10. The van der Waals surface area contributed by atoms with E-state index in [-0.39, 0.29) is 29.7 Å². The molecule has 0 fully saturated rings. The first-order chi connectivity index (χ1) is 18.8. The van der Waals surface area contributed by atoms with Crippen molar-refractivity contribution in [2.24, 2.45) is 5.92 Å². The summed E-state index contributed by atoms with van der Waals surface area (Å²) in [5, 5.41) is 6.12. The van der Waals surface area contributed by atoms with Crippen molar-refractivity contribution in [3.05, 3.63) is 101 Å². The molecule has 0 spiro atoms. The Hall–Kier alpha value is -3.93. The summed E-state index contributed by atoms with van der Waals surface area (Å²) in [4.78, 5) is 41.3. The molecule has 3 rings (SSSR count). The number of hydrogen-bond donors (Lipinski definition) is 2. The topological polar surface area (TPSA) is 78.5 Å². The summed E-state index contributed by atoms with van der Waals surface area (Å²) >= 11 is 0. The van der Waals surface area contributed by atoms with Crippen LogP contribution in [0.3, 0.4) is 0 Å². The molecule has 0 bridgehead atoms. The first kappa shape index (κ1) is 29.6. The lowest BCUT2D eigenvalue weighted by molar-refractivity contribution is -0.119. The number of nitrogens with zero attached hydrogens (tertiary/aromatic N) is 1. The number of nitrogens with one attached hydrogen (secondary N) is 2. The molecule has 0 saturated carbocycles. The molecule has 0 aliphatic heterocycles. The minimum Gasteiger partial charge on any atom is -0.349 e. The summed E-state index contributed by atoms with van der Waals surface area (Å²) in [6.45, 7) is 9.35. The largest absolute Gasteiger partial charge is 0.349 e. The number of hydrogen-bond acceptors (Lipinski definition) is 3. The van der Waals surface area contributed by atoms with Crippen molar-refractivity contribution < 1.29 is 14.4 Å². The van der Waals surface area contributed by atoms with Crippen molar-refractivity contribution in [1.82, 2.24) is 10.2 Å². The van der Waals surface area contributed by atoms with Gasteiger partial charge in [-0.1, -0.05) is 74.9 Å². The first-order valence-electron chi connectivity index (χ1n) is 13.9. The van der Waals surface area contributed by atoms with Crippen LogP contribution in [0.4, 0.5) is 5.69 Å². The molecule has 0 heterocycles. The standard InChI is InChI=1S/C33H41N3O3/c1-5-19-36(20-6-2)33(39)28-14-10-13-27(23-28)32(38)35-30(22-26-11-8-7-9-12-26)21-25(4)31(37)34-29-17-15-24(3)16-18-29/h7-18,23,25,30H,5-6,19-22H2,1-4H3,(H,34,37)(H,35,38)/t25-,30+/m0/s1. The Bertz CT molecular complexity index is 1220. The molecule has 6 heteroatoms. The second-order valence-electron chi connectivity index (χ2n) is 10.2. The number of benzene rings is 3. The fourth-order valence-electron chi connectivity index (χ4n) is 4.63. The first-order valence-corrected chi connectivity index (χ1v) is 13.9. The zero-order valence-electron chi connectivity index (χ0n) is 23.6. The van der Waals surface area contributed by atoms with Gasteiger partial charge in [0.05, 0.1) is 0 Å². The van der Waals surface area contributed by atoms with Gasteiger partial charge >= 0.3 is 0 Å². The Kier molecular flexibility index (Phi) is 11.3. The van der Waals surface area contributed by atoms with Gasteiger partial charge in [0.25, 0.3) is 11.8 Å². The van der Waals surface area contributed by atoms with Gasteiger partial charge in [0.1, 0.15) is 0 Å². The lowest BCUT2D eigenvalue weighted by Crippen LogP contribution is -2.39. The van der Waals surface area contributed by atoms with E-state index in [1.54, 1.807) is 24.3 Å². The predicted octanol–water partition coefficient (Wildman–Crippen LogP) is 6.26. The van der Waals surface area contributed by atoms with Crippen molar-refractivity contribution in [2.75, 3.05) is 18.4 Å². The molecular weight excluding hydrogens is 486 g/mol. The highest BCUT2D eigenvalue weighted by Crippen LogP contribution is 2.17. The zero-order chi connectivity index (χ0) is 28.2. The van der Waals surface area contributed by atoms with E-state index in [0.29, 0.717) is 37.1 Å². The highest BCUT2D eigenvalue weighted by molar-refractivity contribution is 6.00. The monoisotopic (exact) mass is 527 g/mol. The van der Waals surface area contributed by atoms with Crippen molar-refractivity contribution in [3.8, 4) is 0 Å². The molecule has 3 amide bonds. The summed E-state index contributed by atoms with van der Waals surface area (Å²) < 4.78 is 0. The van der Waals surface area contributed by atoms with Crippen LogP contribution in [-0.4, -0.2) is 41.8 Å². The molecule has 6 nitrogen and oxygen atoms in total. The lowest BCUT2D eigenvalue weighted by Gasteiger charge is -2.23. The number of carbonyl (C=O) groups excluding carboxylic acids is 3. The lowest BCUT2D eigenvalue weighted by atomic mass is 9.95. The molecular formula is C33H41N3O3. The molecule has 0 radical (unpaired) electrons. The molecule has 2 atom stereocenters. The Morgan fingerprint density at radius 3 is 2.10 bits per heavy atom. The van der Waals surface area contributed by atoms with Crippen molar-refractivity contribution in [2.45, 2.75) is 59.4 Å². The van der Waals surface area contributed by atoms with Gasteiger partial charge < -0.3 is 15.5 Å². The van der Waals surface area contributed by atoms with Gasteiger partial charge in [0, 0.05) is 41.9 Å². The van der Waals surface area contributed by atoms with Gasteiger partial charge in [0.2, 0.25) is 5.91 Å². The highest BCUT2D eigenvalue weighted by Gasteiger charge is 2.23. The molecule has 0 saturated heterocycles. The minimum absolute atomic E-state index is 0.0596. The van der Waals surface area contributed by atoms with Gasteiger partial charge in [0.15, 0.2) is 0 Å². The molecule has 0 aromatic heterocycles. The predicted molar refractivity (Wildman–Crippen MR) is 158 cm³/mol. The number of aryl methyl sites for hydroxylation is 1. The second-order valence-corrected chi connectivity index (χ2v) is 10.2. The number of carbonyl (C=O) groups is 3. The zero-order valence-corrected chi connectivity index (χ0v) is 23.6. The van der Waals surface area contributed by atoms with Crippen LogP contribution in [0.5, 0.6) is 0 Å². The Labute approximate surface area is 232 Å². The van der Waals surface area contributed by atoms with E-state index in [1.807, 2.05) is 73.3 Å². The normalized spacial score (nSPS) is 12.3. The molecule has 3 aromatic rings. The van der Waals surface area contributed by atoms with E-state index < -0.39 is 0 Å². The van der Waals surface area contributed by atoms with Crippen LogP contribution in [0.25, 0.3) is 0 Å². The molecule has 0 aliphatic carbocycles. The van der Waals surface area contributed by atoms with E-state index in [9.17, 15) is 14.4 Å². The van der Waals surface area contributed by atoms with Crippen LogP contribution in [0.2, 0.25) is 0 Å². The summed E-state index contributed by atoms with van der Waals surface area (Å²) in [6, 6.07) is 24.3. The van der Waals surface area contributed by atoms with Gasteiger partial charge in [-0.05, 0) is 68.5 Å². The van der Waals surface area contributed by atoms with Crippen molar-refractivity contribution in [1.29, 1.82) is 0 Å². The van der Waals surface area contributed by atoms with Crippen LogP contribution in [0.15, 0.2) is 78.9 Å². The number of anilines is 1. The third-order valence-electron chi connectivity index (χ3n) is 6.71. The quantitative estimate of drug-likeness (QED) is 0.275. The van der Waals surface area contributed by atoms with Crippen LogP contribution in [0.1, 0.15) is 71.9 Å². The number of rotatable bonds is 13. The van der Waals surface area contributed by atoms with Gasteiger partial charge in [-0.3, -0.25) is 14.4 Å². The maximum atomic E-state index is 13.4. The summed E-state index contributed by atoms with van der Waals surface area (Å²) in [5.74, 6) is -0.736. The fourth-order valence-corrected chi connectivity index (χ4v) is 4.63. The minimum atomic E-state index is -0.329. The fraction of sp³-hybridized carbons (Fsp3) is 0.364. The smallest absolute Gasteiger partial charge is 0.253 e. The van der Waals surface area contributed by atoms with Crippen LogP contribution < -0.4 is 10.6 Å². The summed E-state index contributed by atoms with van der Waals surface area (Å²) in [7, 11) is 0. The van der Waals surface area contributed by atoms with E-state index in [0.717, 1.165) is 29.7 Å². The van der Waals surface area contributed by atoms with Crippen LogP contribution >= 0.6 is 0 Å². The number of amides is 3. The maximum Gasteiger partial charge on any atom is 0.253 e. The molecule has 0 aliphatic rings. The second kappa shape index (κ2) is 14.9. The average molecular weight is 528 g/mol. The molecule has 2 N–H and O–H groups in total. The van der Waals surface area contributed by atoms with Crippen molar-refractivity contribution in [3.63, 3.8) is 0 Å². The maximum absolute atomic E-state index is 13.4. The van der Waals surface area contributed by atoms with Gasteiger partial charge in [-0.15, -0.1) is 0 Å². The van der Waals surface area contributed by atoms with Crippen molar-refractivity contribution >= 4 is 23.4 Å².